The van der Waals surface area contributed by atoms with Gasteiger partial charge in [-0.1, -0.05) is 12.1 Å². The lowest BCUT2D eigenvalue weighted by molar-refractivity contribution is 0.102. The summed E-state index contributed by atoms with van der Waals surface area (Å²) in [6.07, 6.45) is 5.20. The lowest BCUT2D eigenvalue weighted by Crippen LogP contribution is -2.15. The minimum atomic E-state index is -0.287. The first-order valence-corrected chi connectivity index (χ1v) is 9.55. The first-order chi connectivity index (χ1) is 12.2. The smallest absolute Gasteiger partial charge is 0.277 e. The van der Waals surface area contributed by atoms with Crippen LogP contribution in [0.25, 0.3) is 16.9 Å². The predicted molar refractivity (Wildman–Crippen MR) is 100 cm³/mol. The molecule has 0 fully saturated rings. The Morgan fingerprint density at radius 2 is 2.16 bits per heavy atom. The van der Waals surface area contributed by atoms with Crippen molar-refractivity contribution >= 4 is 39.8 Å². The molecule has 4 aromatic rings. The minimum Gasteiger partial charge on any atom is -0.296 e. The summed E-state index contributed by atoms with van der Waals surface area (Å²) in [4.78, 5) is 22.0. The average molecular weight is 367 g/mol. The van der Waals surface area contributed by atoms with Crippen molar-refractivity contribution in [3.8, 4) is 11.3 Å². The van der Waals surface area contributed by atoms with Crippen LogP contribution in [0.5, 0.6) is 0 Å². The van der Waals surface area contributed by atoms with E-state index in [1.54, 1.807) is 27.9 Å². The highest BCUT2D eigenvalue weighted by atomic mass is 32.2. The van der Waals surface area contributed by atoms with Gasteiger partial charge in [-0.3, -0.25) is 10.1 Å². The number of carbonyl (C=O) groups is 1. The van der Waals surface area contributed by atoms with Gasteiger partial charge in [0.05, 0.1) is 11.9 Å². The molecule has 0 atom stereocenters. The van der Waals surface area contributed by atoms with Crippen molar-refractivity contribution in [1.29, 1.82) is 0 Å². The fourth-order valence-corrected chi connectivity index (χ4v) is 3.39. The summed E-state index contributed by atoms with van der Waals surface area (Å²) in [6, 6.07) is 11.9. The zero-order valence-electron chi connectivity index (χ0n) is 13.2. The summed E-state index contributed by atoms with van der Waals surface area (Å²) in [5.74, 6) is -0.287. The van der Waals surface area contributed by atoms with E-state index in [0.29, 0.717) is 16.5 Å². The normalized spacial score (nSPS) is 10.9. The van der Waals surface area contributed by atoms with Gasteiger partial charge in [0.1, 0.15) is 0 Å². The van der Waals surface area contributed by atoms with Crippen LogP contribution in [0.1, 0.15) is 10.5 Å². The molecule has 0 saturated carbocycles. The van der Waals surface area contributed by atoms with Gasteiger partial charge in [0, 0.05) is 22.0 Å². The standard InChI is InChI=1S/C17H13N5OS2/c1-24-12-4-2-3-11(9-12)13-5-6-15-19-10-14(22(15)21-13)16(23)20-17-18-7-8-25-17/h2-10H,1H3,(H,18,20,23). The highest BCUT2D eigenvalue weighted by Gasteiger charge is 2.15. The maximum absolute atomic E-state index is 12.5. The van der Waals surface area contributed by atoms with Gasteiger partial charge in [0.15, 0.2) is 16.5 Å². The van der Waals surface area contributed by atoms with Crippen molar-refractivity contribution < 1.29 is 4.79 Å². The molecule has 124 valence electrons. The summed E-state index contributed by atoms with van der Waals surface area (Å²) in [5, 5.41) is 9.71. The van der Waals surface area contributed by atoms with Gasteiger partial charge in [-0.25, -0.2) is 14.5 Å². The van der Waals surface area contributed by atoms with Crippen LogP contribution in [-0.2, 0) is 0 Å². The molecule has 25 heavy (non-hydrogen) atoms. The van der Waals surface area contributed by atoms with Crippen molar-refractivity contribution in [3.63, 3.8) is 0 Å². The molecule has 3 aromatic heterocycles. The van der Waals surface area contributed by atoms with Gasteiger partial charge < -0.3 is 0 Å². The Bertz CT molecular complexity index is 1040. The molecule has 0 aliphatic carbocycles. The number of benzene rings is 1. The van der Waals surface area contributed by atoms with E-state index in [4.69, 9.17) is 0 Å². The molecule has 3 heterocycles. The first kappa shape index (κ1) is 15.8. The number of fused-ring (bicyclic) bond motifs is 1. The number of imidazole rings is 1. The largest absolute Gasteiger partial charge is 0.296 e. The highest BCUT2D eigenvalue weighted by Crippen LogP contribution is 2.23. The Labute approximate surface area is 151 Å². The Kier molecular flexibility index (Phi) is 4.21. The topological polar surface area (TPSA) is 72.2 Å². The molecule has 1 N–H and O–H groups in total. The van der Waals surface area contributed by atoms with Crippen LogP contribution in [0.15, 0.2) is 59.1 Å². The first-order valence-electron chi connectivity index (χ1n) is 7.44. The molecule has 0 aliphatic rings. The van der Waals surface area contributed by atoms with E-state index in [1.165, 1.54) is 17.5 Å². The Morgan fingerprint density at radius 1 is 1.24 bits per heavy atom. The number of nitrogens with one attached hydrogen (secondary N) is 1. The maximum atomic E-state index is 12.5. The van der Waals surface area contributed by atoms with Gasteiger partial charge in [-0.15, -0.1) is 23.1 Å². The van der Waals surface area contributed by atoms with E-state index in [-0.39, 0.29) is 5.91 Å². The molecule has 0 saturated heterocycles. The molecular weight excluding hydrogens is 354 g/mol. The molecule has 1 aromatic carbocycles. The molecule has 0 bridgehead atoms. The number of aromatic nitrogens is 4. The van der Waals surface area contributed by atoms with Crippen LogP contribution >= 0.6 is 23.1 Å². The number of hydrogen-bond donors (Lipinski definition) is 1. The molecule has 0 unspecified atom stereocenters. The van der Waals surface area contributed by atoms with Gasteiger partial charge in [0.25, 0.3) is 5.91 Å². The third-order valence-electron chi connectivity index (χ3n) is 3.61. The summed E-state index contributed by atoms with van der Waals surface area (Å²) >= 11 is 3.04. The summed E-state index contributed by atoms with van der Waals surface area (Å²) in [5.41, 5.74) is 2.76. The Morgan fingerprint density at radius 3 is 2.96 bits per heavy atom. The molecule has 0 radical (unpaired) electrons. The molecule has 0 spiro atoms. The lowest BCUT2D eigenvalue weighted by Gasteiger charge is -2.05. The number of thiazole rings is 1. The fourth-order valence-electron chi connectivity index (χ4n) is 2.41. The second kappa shape index (κ2) is 6.66. The van der Waals surface area contributed by atoms with E-state index >= 15 is 0 Å². The zero-order chi connectivity index (χ0) is 17.2. The lowest BCUT2D eigenvalue weighted by atomic mass is 10.1. The molecule has 4 rings (SSSR count). The van der Waals surface area contributed by atoms with Crippen molar-refractivity contribution in [3.05, 3.63) is 59.9 Å². The second-order valence-electron chi connectivity index (χ2n) is 5.16. The van der Waals surface area contributed by atoms with Crippen molar-refractivity contribution in [2.75, 3.05) is 11.6 Å². The summed E-state index contributed by atoms with van der Waals surface area (Å²) < 4.78 is 1.56. The van der Waals surface area contributed by atoms with E-state index < -0.39 is 0 Å². The van der Waals surface area contributed by atoms with Crippen molar-refractivity contribution in [2.24, 2.45) is 0 Å². The number of amides is 1. The number of thioether (sulfide) groups is 1. The zero-order valence-corrected chi connectivity index (χ0v) is 14.8. The van der Waals surface area contributed by atoms with Gasteiger partial charge in [0.2, 0.25) is 0 Å². The van der Waals surface area contributed by atoms with Gasteiger partial charge in [-0.05, 0) is 30.5 Å². The highest BCUT2D eigenvalue weighted by molar-refractivity contribution is 7.98. The quantitative estimate of drug-likeness (QED) is 0.555. The molecule has 8 heteroatoms. The van der Waals surface area contributed by atoms with Crippen LogP contribution in [0.2, 0.25) is 0 Å². The molecule has 1 amide bonds. The number of nitrogens with zero attached hydrogens (tertiary/aromatic N) is 4. The van der Waals surface area contributed by atoms with Crippen LogP contribution in [0, 0.1) is 0 Å². The number of rotatable bonds is 4. The van der Waals surface area contributed by atoms with E-state index in [2.05, 4.69) is 32.5 Å². The van der Waals surface area contributed by atoms with E-state index in [9.17, 15) is 4.79 Å². The Balaban J connectivity index is 1.73. The SMILES string of the molecule is CSc1cccc(-c2ccc3ncc(C(=O)Nc4nccs4)n3n2)c1. The van der Waals surface area contributed by atoms with E-state index in [0.717, 1.165) is 16.2 Å². The van der Waals surface area contributed by atoms with Crippen LogP contribution in [-0.4, -0.2) is 31.7 Å². The van der Waals surface area contributed by atoms with Crippen LogP contribution in [0.4, 0.5) is 5.13 Å². The number of hydrogen-bond acceptors (Lipinski definition) is 6. The van der Waals surface area contributed by atoms with Crippen LogP contribution in [0.3, 0.4) is 0 Å². The molecule has 0 aliphatic heterocycles. The molecular formula is C17H13N5OS2. The third kappa shape index (κ3) is 3.13. The summed E-state index contributed by atoms with van der Waals surface area (Å²) in [6.45, 7) is 0. The number of carbonyl (C=O) groups excluding carboxylic acids is 1. The monoisotopic (exact) mass is 367 g/mol. The third-order valence-corrected chi connectivity index (χ3v) is 5.03. The summed E-state index contributed by atoms with van der Waals surface area (Å²) in [7, 11) is 0. The van der Waals surface area contributed by atoms with Crippen molar-refractivity contribution in [1.82, 2.24) is 19.6 Å². The minimum absolute atomic E-state index is 0.287. The van der Waals surface area contributed by atoms with Crippen LogP contribution < -0.4 is 5.32 Å². The maximum Gasteiger partial charge on any atom is 0.277 e. The molecule has 6 nitrogen and oxygen atoms in total. The average Bonchev–Trinajstić information content (AvgIpc) is 3.30. The Hall–Kier alpha value is -2.71. The fraction of sp³-hybridized carbons (Fsp3) is 0.0588. The number of anilines is 1. The van der Waals surface area contributed by atoms with Gasteiger partial charge in [-0.2, -0.15) is 5.10 Å². The van der Waals surface area contributed by atoms with Crippen molar-refractivity contribution in [2.45, 2.75) is 4.90 Å². The second-order valence-corrected chi connectivity index (χ2v) is 6.93. The van der Waals surface area contributed by atoms with Gasteiger partial charge >= 0.3 is 0 Å². The predicted octanol–water partition coefficient (Wildman–Crippen LogP) is 3.83. The van der Waals surface area contributed by atoms with E-state index in [1.807, 2.05) is 30.5 Å².